The highest BCUT2D eigenvalue weighted by Gasteiger charge is 2.44. The van der Waals surface area contributed by atoms with Gasteiger partial charge in [-0.15, -0.1) is 0 Å². The molecule has 12 nitrogen and oxygen atoms in total. The van der Waals surface area contributed by atoms with E-state index >= 15 is 4.39 Å². The highest BCUT2D eigenvalue weighted by molar-refractivity contribution is 7.88. The van der Waals surface area contributed by atoms with Crippen LogP contribution in [0, 0.1) is 23.0 Å². The minimum Gasteiger partial charge on any atom is -0.530 e. The Bertz CT molecular complexity index is 1890. The van der Waals surface area contributed by atoms with E-state index in [9.17, 15) is 31.9 Å². The zero-order valence-electron chi connectivity index (χ0n) is 26.8. The number of rotatable bonds is 10. The lowest BCUT2D eigenvalue weighted by atomic mass is 9.84. The van der Waals surface area contributed by atoms with E-state index in [1.807, 2.05) is 0 Å². The molecule has 2 fully saturated rings. The predicted molar refractivity (Wildman–Crippen MR) is 174 cm³/mol. The monoisotopic (exact) mass is 734 g/mol. The molecule has 2 heterocycles. The molecular formula is C33H34ClF3N6O6S. The third kappa shape index (κ3) is 8.68. The number of benzene rings is 3. The van der Waals surface area contributed by atoms with Crippen molar-refractivity contribution in [3.63, 3.8) is 0 Å². The molecule has 0 aliphatic carbocycles. The summed E-state index contributed by atoms with van der Waals surface area (Å²) in [5, 5.41) is 18.8. The number of amides is 2. The number of nitrogens with one attached hydrogen (secondary N) is 2. The highest BCUT2D eigenvalue weighted by atomic mass is 35.5. The fourth-order valence-corrected chi connectivity index (χ4v) is 7.61. The number of anilines is 1. The average Bonchev–Trinajstić information content (AvgIpc) is 3.04. The van der Waals surface area contributed by atoms with Crippen LogP contribution in [0.15, 0.2) is 65.8 Å². The van der Waals surface area contributed by atoms with Gasteiger partial charge >= 0.3 is 0 Å². The summed E-state index contributed by atoms with van der Waals surface area (Å²) in [5.74, 6) is -4.48. The van der Waals surface area contributed by atoms with E-state index in [2.05, 4.69) is 15.3 Å². The summed E-state index contributed by atoms with van der Waals surface area (Å²) < 4.78 is 75.9. The van der Waals surface area contributed by atoms with Gasteiger partial charge in [0.15, 0.2) is 0 Å². The topological polar surface area (TPSA) is 169 Å². The van der Waals surface area contributed by atoms with Crippen LogP contribution < -0.4 is 15.3 Å². The SMILES string of the molecule is CS(=O)(=O)N1CCC2(CC1)CN(C(=O)[O-])CC(CCc1c(F)cccc1NC(=O)[C@@H](N=[N+]=N)[C@@H](c1ccc(Cl)cc1)c1cc(F)cc(F)c1)O2. The van der Waals surface area contributed by atoms with Crippen LogP contribution in [0.4, 0.5) is 23.7 Å². The molecule has 2 saturated heterocycles. The maximum Gasteiger partial charge on any atom is 0.257 e. The molecule has 0 radical (unpaired) electrons. The Kier molecular flexibility index (Phi) is 11.3. The van der Waals surface area contributed by atoms with Gasteiger partial charge in [0.25, 0.3) is 5.91 Å². The Morgan fingerprint density at radius 3 is 2.36 bits per heavy atom. The molecule has 2 N–H and O–H groups in total. The van der Waals surface area contributed by atoms with Crippen molar-refractivity contribution in [1.82, 2.24) is 14.1 Å². The van der Waals surface area contributed by atoms with Gasteiger partial charge in [0.2, 0.25) is 21.0 Å². The number of ether oxygens (including phenoxy) is 1. The number of hydrogen-bond donors (Lipinski definition) is 2. The molecule has 1 spiro atoms. The van der Waals surface area contributed by atoms with Crippen molar-refractivity contribution in [1.29, 1.82) is 5.53 Å². The lowest BCUT2D eigenvalue weighted by molar-refractivity contribution is -0.278. The summed E-state index contributed by atoms with van der Waals surface area (Å²) in [6.07, 6.45) is -0.419. The number of halogens is 4. The number of morpholine rings is 1. The van der Waals surface area contributed by atoms with Crippen LogP contribution in [0.25, 0.3) is 0 Å². The van der Waals surface area contributed by atoms with Crippen molar-refractivity contribution in [2.45, 2.75) is 49.3 Å². The summed E-state index contributed by atoms with van der Waals surface area (Å²) in [7, 11) is -3.45. The quantitative estimate of drug-likeness (QED) is 0.234. The molecule has 0 saturated carbocycles. The maximum atomic E-state index is 15.4. The number of sulfonamides is 1. The van der Waals surface area contributed by atoms with Gasteiger partial charge in [-0.25, -0.2) is 25.9 Å². The first-order valence-electron chi connectivity index (χ1n) is 15.6. The Morgan fingerprint density at radius 2 is 1.76 bits per heavy atom. The van der Waals surface area contributed by atoms with Gasteiger partial charge in [-0.1, -0.05) is 29.8 Å². The first-order chi connectivity index (χ1) is 23.7. The van der Waals surface area contributed by atoms with Crippen molar-refractivity contribution < 1.29 is 41.0 Å². The standard InChI is InChI=1S/C33H34ClF3N6O6S/c1-50(47,48)43-13-11-33(12-14-43)19-42(32(45)46)18-25(49-33)9-10-26-27(37)3-2-4-28(26)39-31(44)30(40-41-38)29(20-5-7-22(34)8-6-20)21-15-23(35)17-24(36)16-21/h2-8,15-17,25,29-30,38H,9-14,18-19H2,1H3,(H-,39,44,45,46)/t25?,29-,30-/m0/s1. The molecule has 0 aromatic heterocycles. The van der Waals surface area contributed by atoms with Gasteiger partial charge in [0.05, 0.1) is 18.0 Å². The summed E-state index contributed by atoms with van der Waals surface area (Å²) in [6.45, 7) is 0.230. The van der Waals surface area contributed by atoms with Crippen molar-refractivity contribution >= 4 is 39.3 Å². The number of carbonyl (C=O) groups excluding carboxylic acids is 2. The van der Waals surface area contributed by atoms with Gasteiger partial charge < -0.3 is 24.9 Å². The molecule has 1 unspecified atom stereocenters. The fourth-order valence-electron chi connectivity index (χ4n) is 6.63. The normalized spacial score (nSPS) is 19.0. The number of nitrogens with zero attached hydrogens (tertiary/aromatic N) is 4. The number of piperidine rings is 1. The van der Waals surface area contributed by atoms with E-state index < -0.39 is 63.1 Å². The highest BCUT2D eigenvalue weighted by Crippen LogP contribution is 2.36. The Hall–Kier alpha value is -4.34. The van der Waals surface area contributed by atoms with Gasteiger partial charge in [0.1, 0.15) is 34.2 Å². The molecule has 2 aliphatic rings. The van der Waals surface area contributed by atoms with E-state index in [1.165, 1.54) is 34.6 Å². The smallest absolute Gasteiger partial charge is 0.257 e. The molecule has 3 aromatic carbocycles. The van der Waals surface area contributed by atoms with Crippen molar-refractivity contribution in [2.24, 2.45) is 5.11 Å². The molecule has 2 aliphatic heterocycles. The van der Waals surface area contributed by atoms with Crippen LogP contribution in [-0.2, 0) is 26.0 Å². The second-order valence-electron chi connectivity index (χ2n) is 12.4. The first kappa shape index (κ1) is 36.9. The third-order valence-electron chi connectivity index (χ3n) is 9.01. The van der Waals surface area contributed by atoms with Gasteiger partial charge in [-0.05, 0) is 73.2 Å². The Morgan fingerprint density at radius 1 is 1.10 bits per heavy atom. The van der Waals surface area contributed by atoms with Crippen molar-refractivity contribution in [2.75, 3.05) is 37.8 Å². The average molecular weight is 735 g/mol. The predicted octanol–water partition coefficient (Wildman–Crippen LogP) is 4.22. The molecular weight excluding hydrogens is 701 g/mol. The van der Waals surface area contributed by atoms with Crippen LogP contribution in [-0.4, -0.2) is 79.8 Å². The second kappa shape index (κ2) is 15.3. The molecule has 266 valence electrons. The molecule has 3 aromatic rings. The number of hydrogen-bond acceptors (Lipinski definition) is 8. The maximum absolute atomic E-state index is 15.4. The first-order valence-corrected chi connectivity index (χ1v) is 17.9. The van der Waals surface area contributed by atoms with Gasteiger partial charge in [-0.3, -0.25) is 4.79 Å². The zero-order valence-corrected chi connectivity index (χ0v) is 28.4. The molecule has 0 bridgehead atoms. The minimum atomic E-state index is -3.45. The third-order valence-corrected chi connectivity index (χ3v) is 10.6. The number of carboxylic acid groups (broad SMARTS) is 1. The van der Waals surface area contributed by atoms with Crippen LogP contribution in [0.2, 0.25) is 5.02 Å². The van der Waals surface area contributed by atoms with Gasteiger partial charge in [0, 0.05) is 54.4 Å². The number of carbonyl (C=O) groups is 2. The molecule has 3 atom stereocenters. The van der Waals surface area contributed by atoms with E-state index in [0.717, 1.165) is 23.3 Å². The lowest BCUT2D eigenvalue weighted by Gasteiger charge is -2.50. The summed E-state index contributed by atoms with van der Waals surface area (Å²) in [6, 6.07) is 11.3. The minimum absolute atomic E-state index is 0.000379. The summed E-state index contributed by atoms with van der Waals surface area (Å²) in [5.41, 5.74) is 6.99. The molecule has 5 rings (SSSR count). The van der Waals surface area contributed by atoms with E-state index in [4.69, 9.17) is 21.9 Å². The fraction of sp³-hybridized carbons (Fsp3) is 0.394. The van der Waals surface area contributed by atoms with Gasteiger partial charge in [-0.2, -0.15) is 0 Å². The van der Waals surface area contributed by atoms with E-state index in [0.29, 0.717) is 16.7 Å². The van der Waals surface area contributed by atoms with Crippen molar-refractivity contribution in [3.05, 3.63) is 99.8 Å². The van der Waals surface area contributed by atoms with Crippen LogP contribution in [0.1, 0.15) is 41.9 Å². The Labute approximate surface area is 291 Å². The zero-order chi connectivity index (χ0) is 36.2. The Balaban J connectivity index is 1.39. The molecule has 17 heteroatoms. The van der Waals surface area contributed by atoms with Crippen molar-refractivity contribution in [3.8, 4) is 0 Å². The van der Waals surface area contributed by atoms with Crippen LogP contribution in [0.5, 0.6) is 0 Å². The van der Waals surface area contributed by atoms with E-state index in [1.54, 1.807) is 12.1 Å². The van der Waals surface area contributed by atoms with Crippen LogP contribution in [0.3, 0.4) is 0 Å². The lowest BCUT2D eigenvalue weighted by Crippen LogP contribution is -2.62. The molecule has 50 heavy (non-hydrogen) atoms. The summed E-state index contributed by atoms with van der Waals surface area (Å²) in [4.78, 5) is 30.0. The molecule has 2 amide bonds. The van der Waals surface area contributed by atoms with E-state index in [-0.39, 0.29) is 68.7 Å². The largest absolute Gasteiger partial charge is 0.530 e. The second-order valence-corrected chi connectivity index (χ2v) is 14.8. The summed E-state index contributed by atoms with van der Waals surface area (Å²) >= 11 is 6.06. The van der Waals surface area contributed by atoms with Crippen LogP contribution >= 0.6 is 11.6 Å².